The molecule has 1 heterocycles. The van der Waals surface area contributed by atoms with E-state index in [1.54, 1.807) is 6.33 Å². The van der Waals surface area contributed by atoms with E-state index in [9.17, 15) is 0 Å². The molecular weight excluding hydrogens is 244 g/mol. The first-order valence-corrected chi connectivity index (χ1v) is 6.61. The van der Waals surface area contributed by atoms with Crippen molar-refractivity contribution in [1.82, 2.24) is 9.97 Å². The van der Waals surface area contributed by atoms with Crippen LogP contribution in [0.2, 0.25) is 0 Å². The highest BCUT2D eigenvalue weighted by atomic mass is 14.8. The Morgan fingerprint density at radius 2 is 1.35 bits per heavy atom. The van der Waals surface area contributed by atoms with Crippen LogP contribution < -0.4 is 0 Å². The van der Waals surface area contributed by atoms with Gasteiger partial charge >= 0.3 is 0 Å². The van der Waals surface area contributed by atoms with Crippen LogP contribution in [0.4, 0.5) is 0 Å². The topological polar surface area (TPSA) is 25.8 Å². The third kappa shape index (κ3) is 1.74. The van der Waals surface area contributed by atoms with E-state index in [4.69, 9.17) is 0 Å². The fourth-order valence-electron chi connectivity index (χ4n) is 2.57. The summed E-state index contributed by atoms with van der Waals surface area (Å²) >= 11 is 0. The smallest absolute Gasteiger partial charge is 0.116 e. The zero-order valence-corrected chi connectivity index (χ0v) is 10.8. The van der Waals surface area contributed by atoms with Crippen molar-refractivity contribution >= 4 is 21.7 Å². The molecule has 0 bridgehead atoms. The molecule has 0 saturated heterocycles. The second-order valence-corrected chi connectivity index (χ2v) is 4.80. The van der Waals surface area contributed by atoms with Gasteiger partial charge in [-0.25, -0.2) is 9.97 Å². The van der Waals surface area contributed by atoms with Crippen molar-refractivity contribution in [2.75, 3.05) is 0 Å². The summed E-state index contributed by atoms with van der Waals surface area (Å²) in [5, 5.41) is 3.52. The van der Waals surface area contributed by atoms with Gasteiger partial charge in [0.1, 0.15) is 6.33 Å². The number of hydrogen-bond donors (Lipinski definition) is 0. The summed E-state index contributed by atoms with van der Waals surface area (Å²) in [5.74, 6) is 0. The fraction of sp³-hybridized carbons (Fsp3) is 0. The number of nitrogens with zero attached hydrogens (tertiary/aromatic N) is 2. The largest absolute Gasteiger partial charge is 0.236 e. The van der Waals surface area contributed by atoms with Crippen LogP contribution in [0, 0.1) is 0 Å². The summed E-state index contributed by atoms with van der Waals surface area (Å²) in [6.45, 7) is 0. The van der Waals surface area contributed by atoms with Crippen LogP contribution in [0.25, 0.3) is 32.9 Å². The van der Waals surface area contributed by atoms with Crippen molar-refractivity contribution in [1.29, 1.82) is 0 Å². The predicted molar refractivity (Wildman–Crippen MR) is 82.5 cm³/mol. The van der Waals surface area contributed by atoms with E-state index in [0.29, 0.717) is 0 Å². The summed E-state index contributed by atoms with van der Waals surface area (Å²) in [4.78, 5) is 8.88. The zero-order valence-electron chi connectivity index (χ0n) is 10.8. The summed E-state index contributed by atoms with van der Waals surface area (Å²) in [5.41, 5.74) is 3.09. The Morgan fingerprint density at radius 3 is 2.15 bits per heavy atom. The summed E-state index contributed by atoms with van der Waals surface area (Å²) < 4.78 is 0. The average molecular weight is 256 g/mol. The van der Waals surface area contributed by atoms with E-state index in [1.165, 1.54) is 10.8 Å². The molecule has 20 heavy (non-hydrogen) atoms. The highest BCUT2D eigenvalue weighted by Crippen LogP contribution is 2.28. The molecule has 0 aliphatic rings. The van der Waals surface area contributed by atoms with Crippen LogP contribution >= 0.6 is 0 Å². The lowest BCUT2D eigenvalue weighted by Crippen LogP contribution is -1.89. The van der Waals surface area contributed by atoms with E-state index in [-0.39, 0.29) is 0 Å². The summed E-state index contributed by atoms with van der Waals surface area (Å²) in [6, 6.07) is 22.9. The maximum Gasteiger partial charge on any atom is 0.116 e. The van der Waals surface area contributed by atoms with Gasteiger partial charge in [-0.05, 0) is 22.9 Å². The highest BCUT2D eigenvalue weighted by Gasteiger charge is 2.07. The summed E-state index contributed by atoms with van der Waals surface area (Å²) in [7, 11) is 0. The van der Waals surface area contributed by atoms with E-state index >= 15 is 0 Å². The summed E-state index contributed by atoms with van der Waals surface area (Å²) in [6.07, 6.45) is 1.64. The first-order chi connectivity index (χ1) is 9.92. The molecule has 0 unspecified atom stereocenters. The minimum absolute atomic E-state index is 0.984. The van der Waals surface area contributed by atoms with Crippen LogP contribution in [0.1, 0.15) is 0 Å². The zero-order chi connectivity index (χ0) is 13.4. The van der Waals surface area contributed by atoms with Crippen LogP contribution in [0.3, 0.4) is 0 Å². The van der Waals surface area contributed by atoms with Crippen molar-refractivity contribution < 1.29 is 0 Å². The van der Waals surface area contributed by atoms with Crippen LogP contribution in [0.15, 0.2) is 73.1 Å². The second-order valence-electron chi connectivity index (χ2n) is 4.80. The molecule has 0 amide bonds. The molecule has 2 heteroatoms. The lowest BCUT2D eigenvalue weighted by atomic mass is 10.0. The molecular formula is C18H12N2. The second kappa shape index (κ2) is 4.42. The van der Waals surface area contributed by atoms with Crippen molar-refractivity contribution in [2.45, 2.75) is 0 Å². The SMILES string of the molecule is c1ccc(-c2ncnc3cc4ccccc4cc23)cc1. The van der Waals surface area contributed by atoms with Gasteiger partial charge in [-0.15, -0.1) is 0 Å². The first kappa shape index (κ1) is 11.1. The monoisotopic (exact) mass is 256 g/mol. The van der Waals surface area contributed by atoms with Gasteiger partial charge in [0.2, 0.25) is 0 Å². The van der Waals surface area contributed by atoms with Gasteiger partial charge in [0, 0.05) is 10.9 Å². The third-order valence-corrected chi connectivity index (χ3v) is 3.55. The number of aromatic nitrogens is 2. The Labute approximate surface area is 116 Å². The van der Waals surface area contributed by atoms with E-state index < -0.39 is 0 Å². The van der Waals surface area contributed by atoms with Gasteiger partial charge in [-0.3, -0.25) is 0 Å². The molecule has 1 aromatic heterocycles. The number of rotatable bonds is 1. The van der Waals surface area contributed by atoms with E-state index in [0.717, 1.165) is 22.2 Å². The maximum atomic E-state index is 4.47. The molecule has 0 N–H and O–H groups in total. The Hall–Kier alpha value is -2.74. The molecule has 2 nitrogen and oxygen atoms in total. The Bertz CT molecular complexity index is 899. The van der Waals surface area contributed by atoms with Gasteiger partial charge in [-0.2, -0.15) is 0 Å². The van der Waals surface area contributed by atoms with Crippen LogP contribution in [-0.2, 0) is 0 Å². The molecule has 4 aromatic rings. The number of benzene rings is 3. The molecule has 0 fully saturated rings. The molecule has 0 aliphatic heterocycles. The Morgan fingerprint density at radius 1 is 0.650 bits per heavy atom. The number of hydrogen-bond acceptors (Lipinski definition) is 2. The average Bonchev–Trinajstić information content (AvgIpc) is 2.53. The van der Waals surface area contributed by atoms with Crippen LogP contribution in [-0.4, -0.2) is 9.97 Å². The Balaban J connectivity index is 2.09. The molecule has 0 saturated carbocycles. The molecule has 0 aliphatic carbocycles. The van der Waals surface area contributed by atoms with Crippen molar-refractivity contribution in [3.05, 3.63) is 73.1 Å². The van der Waals surface area contributed by atoms with Crippen molar-refractivity contribution in [3.8, 4) is 11.3 Å². The maximum absolute atomic E-state index is 4.47. The molecule has 0 spiro atoms. The Kier molecular flexibility index (Phi) is 2.46. The van der Waals surface area contributed by atoms with E-state index in [2.05, 4.69) is 52.4 Å². The molecule has 94 valence electrons. The molecule has 3 aromatic carbocycles. The highest BCUT2D eigenvalue weighted by molar-refractivity contribution is 6.01. The predicted octanol–water partition coefficient (Wildman–Crippen LogP) is 4.45. The van der Waals surface area contributed by atoms with Gasteiger partial charge in [0.15, 0.2) is 0 Å². The van der Waals surface area contributed by atoms with Crippen molar-refractivity contribution in [2.24, 2.45) is 0 Å². The molecule has 0 radical (unpaired) electrons. The number of fused-ring (bicyclic) bond motifs is 2. The first-order valence-electron chi connectivity index (χ1n) is 6.61. The quantitative estimate of drug-likeness (QED) is 0.470. The standard InChI is InChI=1S/C18H12N2/c1-2-6-13(7-3-1)18-16-10-14-8-4-5-9-15(14)11-17(16)19-12-20-18/h1-12H. The third-order valence-electron chi connectivity index (χ3n) is 3.55. The lowest BCUT2D eigenvalue weighted by molar-refractivity contribution is 1.23. The van der Waals surface area contributed by atoms with Crippen LogP contribution in [0.5, 0.6) is 0 Å². The van der Waals surface area contributed by atoms with Crippen molar-refractivity contribution in [3.63, 3.8) is 0 Å². The molecule has 4 rings (SSSR count). The van der Waals surface area contributed by atoms with Gasteiger partial charge < -0.3 is 0 Å². The van der Waals surface area contributed by atoms with Gasteiger partial charge in [0.25, 0.3) is 0 Å². The van der Waals surface area contributed by atoms with Gasteiger partial charge in [-0.1, -0.05) is 54.6 Å². The molecule has 0 atom stereocenters. The van der Waals surface area contributed by atoms with Gasteiger partial charge in [0.05, 0.1) is 11.2 Å². The minimum atomic E-state index is 0.984. The minimum Gasteiger partial charge on any atom is -0.236 e. The fourth-order valence-corrected chi connectivity index (χ4v) is 2.57. The lowest BCUT2D eigenvalue weighted by Gasteiger charge is -2.06. The van der Waals surface area contributed by atoms with E-state index in [1.807, 2.05) is 24.3 Å². The normalized spacial score (nSPS) is 11.0.